The molecule has 3 nitrogen and oxygen atoms in total. The van der Waals surface area contributed by atoms with E-state index in [-0.39, 0.29) is 11.5 Å². The number of allylic oxidation sites excluding steroid dienone is 1. The lowest BCUT2D eigenvalue weighted by atomic mass is 9.73. The number of anilines is 1. The van der Waals surface area contributed by atoms with Gasteiger partial charge in [0.15, 0.2) is 0 Å². The van der Waals surface area contributed by atoms with Gasteiger partial charge in [-0.3, -0.25) is 5.41 Å². The van der Waals surface area contributed by atoms with Crippen molar-refractivity contribution in [3.63, 3.8) is 0 Å². The van der Waals surface area contributed by atoms with Gasteiger partial charge in [-0.25, -0.2) is 0 Å². The molecule has 0 aliphatic heterocycles. The second kappa shape index (κ2) is 10.3. The molecule has 6 heteroatoms. The van der Waals surface area contributed by atoms with Gasteiger partial charge in [0.05, 0.1) is 17.2 Å². The molecule has 0 radical (unpaired) electrons. The zero-order valence-electron chi connectivity index (χ0n) is 18.5. The van der Waals surface area contributed by atoms with Crippen LogP contribution < -0.4 is 5.09 Å². The highest BCUT2D eigenvalue weighted by atomic mass is 35.5. The molecule has 3 aromatic carbocycles. The maximum Gasteiger partial charge on any atom is 0.214 e. The van der Waals surface area contributed by atoms with Gasteiger partial charge in [-0.05, 0) is 85.8 Å². The molecule has 0 spiro atoms. The second-order valence-electron chi connectivity index (χ2n) is 8.27. The summed E-state index contributed by atoms with van der Waals surface area (Å²) < 4.78 is 14.2. The highest BCUT2D eigenvalue weighted by Gasteiger charge is 2.29. The van der Waals surface area contributed by atoms with Crippen LogP contribution >= 0.6 is 21.0 Å². The zero-order chi connectivity index (χ0) is 24.2. The average Bonchev–Trinajstić information content (AvgIpc) is 2.82. The molecule has 1 fully saturated rings. The van der Waals surface area contributed by atoms with Gasteiger partial charge in [0.2, 0.25) is 5.97 Å². The van der Waals surface area contributed by atoms with Crippen LogP contribution in [-0.4, -0.2) is 5.97 Å². The van der Waals surface area contributed by atoms with Crippen LogP contribution in [0.3, 0.4) is 0 Å². The lowest BCUT2D eigenvalue weighted by Crippen LogP contribution is -2.15. The van der Waals surface area contributed by atoms with Crippen molar-refractivity contribution < 1.29 is 4.39 Å². The molecule has 1 saturated carbocycles. The highest BCUT2D eigenvalue weighted by molar-refractivity contribution is 7.18. The maximum absolute atomic E-state index is 14.2. The molecule has 1 aliphatic carbocycles. The Morgan fingerprint density at radius 1 is 1.09 bits per heavy atom. The van der Waals surface area contributed by atoms with E-state index in [1.807, 2.05) is 36.4 Å². The number of benzene rings is 3. The van der Waals surface area contributed by atoms with Gasteiger partial charge in [0.1, 0.15) is 0 Å². The van der Waals surface area contributed by atoms with Crippen molar-refractivity contribution in [3.05, 3.63) is 106 Å². The highest BCUT2D eigenvalue weighted by Crippen LogP contribution is 2.47. The molecule has 1 atom stereocenters. The van der Waals surface area contributed by atoms with E-state index in [2.05, 4.69) is 27.1 Å². The fourth-order valence-electron chi connectivity index (χ4n) is 4.33. The van der Waals surface area contributed by atoms with Crippen LogP contribution in [0.2, 0.25) is 5.02 Å². The van der Waals surface area contributed by atoms with Gasteiger partial charge in [0, 0.05) is 10.7 Å². The van der Waals surface area contributed by atoms with Gasteiger partial charge in [0.25, 0.3) is 0 Å². The Morgan fingerprint density at radius 2 is 1.79 bits per heavy atom. The van der Waals surface area contributed by atoms with E-state index < -0.39 is 5.97 Å². The summed E-state index contributed by atoms with van der Waals surface area (Å²) in [4.78, 5) is 0. The SMILES string of the molecule is C=Cc1ccc(/C(=C(\c2ccc(C#N)cc2Cl)C2CCC2)c2ccc(NP)c(C(=N)F)c2)cc1. The Morgan fingerprint density at radius 3 is 2.32 bits per heavy atom. The number of halogens is 2. The molecule has 1 unspecified atom stereocenters. The predicted octanol–water partition coefficient (Wildman–Crippen LogP) is 8.11. The lowest BCUT2D eigenvalue weighted by Gasteiger charge is -2.32. The first-order chi connectivity index (χ1) is 16.5. The summed E-state index contributed by atoms with van der Waals surface area (Å²) in [6.07, 6.45) is 4.97. The topological polar surface area (TPSA) is 59.7 Å². The van der Waals surface area contributed by atoms with Gasteiger partial charge in [-0.2, -0.15) is 9.65 Å². The number of rotatable bonds is 7. The maximum atomic E-state index is 14.2. The molecule has 3 aromatic rings. The summed E-state index contributed by atoms with van der Waals surface area (Å²) in [6, 6.07) is 21.0. The second-order valence-corrected chi connectivity index (χ2v) is 8.96. The normalized spacial score (nSPS) is 13.9. The van der Waals surface area contributed by atoms with Crippen LogP contribution in [0.1, 0.15) is 52.6 Å². The quantitative estimate of drug-likeness (QED) is 0.201. The van der Waals surface area contributed by atoms with E-state index in [0.29, 0.717) is 16.3 Å². The Kier molecular flexibility index (Phi) is 7.27. The van der Waals surface area contributed by atoms with Crippen molar-refractivity contribution in [1.82, 2.24) is 0 Å². The average molecular weight is 488 g/mol. The van der Waals surface area contributed by atoms with Gasteiger partial charge in [-0.1, -0.05) is 67.1 Å². The Hall–Kier alpha value is -3.25. The summed E-state index contributed by atoms with van der Waals surface area (Å²) >= 11 is 6.72. The van der Waals surface area contributed by atoms with Crippen LogP contribution in [0.4, 0.5) is 10.1 Å². The summed E-state index contributed by atoms with van der Waals surface area (Å²) in [7, 11) is 2.35. The fraction of sp³-hybridized carbons (Fsp3) is 0.143. The number of nitrogens with one attached hydrogen (secondary N) is 2. The minimum Gasteiger partial charge on any atom is -0.369 e. The first-order valence-electron chi connectivity index (χ1n) is 11.0. The molecule has 0 heterocycles. The minimum atomic E-state index is -1.00. The molecule has 0 amide bonds. The molecular formula is C28H24ClFN3P. The van der Waals surface area contributed by atoms with Crippen molar-refractivity contribution in [2.75, 3.05) is 5.09 Å². The van der Waals surface area contributed by atoms with Gasteiger partial charge in [-0.15, -0.1) is 0 Å². The van der Waals surface area contributed by atoms with Crippen molar-refractivity contribution in [3.8, 4) is 6.07 Å². The van der Waals surface area contributed by atoms with E-state index >= 15 is 0 Å². The number of hydrogen-bond acceptors (Lipinski definition) is 3. The van der Waals surface area contributed by atoms with Crippen molar-refractivity contribution in [1.29, 1.82) is 10.7 Å². The molecule has 0 bridgehead atoms. The zero-order valence-corrected chi connectivity index (χ0v) is 20.4. The Balaban J connectivity index is 2.06. The van der Waals surface area contributed by atoms with Crippen LogP contribution in [0.15, 0.2) is 67.2 Å². The molecule has 1 aliphatic rings. The largest absolute Gasteiger partial charge is 0.369 e. The van der Waals surface area contributed by atoms with Crippen LogP contribution in [-0.2, 0) is 0 Å². The molecule has 0 saturated heterocycles. The van der Waals surface area contributed by atoms with E-state index in [1.165, 1.54) is 0 Å². The smallest absolute Gasteiger partial charge is 0.214 e. The van der Waals surface area contributed by atoms with Gasteiger partial charge < -0.3 is 5.09 Å². The standard InChI is InChI=1S/C28H24ClFN3P/c1-2-17-6-9-20(10-7-17)26(21-11-13-25(33-34)23(15-21)28(30)32)27(19-4-3-5-19)22-12-8-18(16-31)14-24(22)29/h2,6-15,19,32-33H,1,3-5,34H2/b27-26+,32-28?. The lowest BCUT2D eigenvalue weighted by molar-refractivity contribution is 0.401. The third kappa shape index (κ3) is 4.68. The monoisotopic (exact) mass is 487 g/mol. The molecule has 0 aromatic heterocycles. The number of nitrogens with zero attached hydrogens (tertiary/aromatic N) is 1. The van der Waals surface area contributed by atoms with Crippen molar-refractivity contribution >= 4 is 49.9 Å². The van der Waals surface area contributed by atoms with Crippen LogP contribution in [0.5, 0.6) is 0 Å². The van der Waals surface area contributed by atoms with E-state index in [4.69, 9.17) is 17.0 Å². The van der Waals surface area contributed by atoms with Gasteiger partial charge >= 0.3 is 0 Å². The predicted molar refractivity (Wildman–Crippen MR) is 144 cm³/mol. The first-order valence-corrected chi connectivity index (χ1v) is 11.9. The summed E-state index contributed by atoms with van der Waals surface area (Å²) in [5.74, 6) is -0.720. The fourth-order valence-corrected chi connectivity index (χ4v) is 4.86. The first kappa shape index (κ1) is 23.9. The number of nitriles is 1. The summed E-state index contributed by atoms with van der Waals surface area (Å²) in [5, 5.41) is 20.4. The Bertz CT molecular complexity index is 1330. The minimum absolute atomic E-state index is 0.187. The number of hydrogen-bond donors (Lipinski definition) is 2. The third-order valence-corrected chi connectivity index (χ3v) is 6.93. The third-order valence-electron chi connectivity index (χ3n) is 6.31. The Labute approximate surface area is 206 Å². The molecule has 170 valence electrons. The van der Waals surface area contributed by atoms with Crippen LogP contribution in [0.25, 0.3) is 17.2 Å². The van der Waals surface area contributed by atoms with E-state index in [1.54, 1.807) is 30.3 Å². The molecule has 4 rings (SSSR count). The summed E-state index contributed by atoms with van der Waals surface area (Å²) in [6.45, 7) is 3.84. The summed E-state index contributed by atoms with van der Waals surface area (Å²) in [5.41, 5.74) is 6.88. The molecular weight excluding hydrogens is 464 g/mol. The molecule has 2 N–H and O–H groups in total. The van der Waals surface area contributed by atoms with Crippen LogP contribution in [0, 0.1) is 22.7 Å². The van der Waals surface area contributed by atoms with Crippen molar-refractivity contribution in [2.24, 2.45) is 5.92 Å². The van der Waals surface area contributed by atoms with Crippen molar-refractivity contribution in [2.45, 2.75) is 19.3 Å². The van der Waals surface area contributed by atoms with E-state index in [9.17, 15) is 9.65 Å². The van der Waals surface area contributed by atoms with E-state index in [0.717, 1.165) is 52.7 Å². The molecule has 34 heavy (non-hydrogen) atoms.